The molecule has 1 unspecified atom stereocenters. The van der Waals surface area contributed by atoms with Crippen LogP contribution < -0.4 is 5.32 Å². The number of hydrogen-bond donors (Lipinski definition) is 2. The number of aromatic nitrogens is 2. The minimum atomic E-state index is -1.05. The first-order valence-electron chi connectivity index (χ1n) is 4.96. The molecule has 0 spiro atoms. The van der Waals surface area contributed by atoms with E-state index in [1.807, 2.05) is 25.9 Å². The Hall–Kier alpha value is -1.69. The molecule has 1 rings (SSSR count). The van der Waals surface area contributed by atoms with Crippen molar-refractivity contribution in [1.82, 2.24) is 14.9 Å². The normalized spacial score (nSPS) is 12.5. The van der Waals surface area contributed by atoms with Crippen LogP contribution in [0.25, 0.3) is 0 Å². The van der Waals surface area contributed by atoms with E-state index >= 15 is 0 Å². The van der Waals surface area contributed by atoms with Crippen molar-refractivity contribution < 1.29 is 9.90 Å². The molecule has 0 aliphatic rings. The van der Waals surface area contributed by atoms with Crippen molar-refractivity contribution in [2.75, 3.05) is 26.0 Å². The van der Waals surface area contributed by atoms with E-state index in [-0.39, 0.29) is 11.7 Å². The Balaban J connectivity index is 2.66. The van der Waals surface area contributed by atoms with Crippen molar-refractivity contribution in [2.45, 2.75) is 13.0 Å². The lowest BCUT2D eigenvalue weighted by Crippen LogP contribution is -2.30. The summed E-state index contributed by atoms with van der Waals surface area (Å²) in [6.45, 7) is 2.80. The van der Waals surface area contributed by atoms with E-state index in [1.54, 1.807) is 0 Å². The smallest absolute Gasteiger partial charge is 0.354 e. The predicted octanol–water partition coefficient (Wildman–Crippen LogP) is 0.537. The Morgan fingerprint density at radius 2 is 2.31 bits per heavy atom. The van der Waals surface area contributed by atoms with Crippen LogP contribution in [-0.2, 0) is 0 Å². The van der Waals surface area contributed by atoms with Gasteiger partial charge < -0.3 is 15.3 Å². The molecule has 0 saturated heterocycles. The maximum atomic E-state index is 10.7. The Bertz CT molecular complexity index is 368. The summed E-state index contributed by atoms with van der Waals surface area (Å²) < 4.78 is 0. The quantitative estimate of drug-likeness (QED) is 0.760. The van der Waals surface area contributed by atoms with Gasteiger partial charge in [-0.1, -0.05) is 0 Å². The van der Waals surface area contributed by atoms with Crippen LogP contribution in [0, 0.1) is 0 Å². The van der Waals surface area contributed by atoms with Gasteiger partial charge in [-0.25, -0.2) is 14.8 Å². The third kappa shape index (κ3) is 3.82. The van der Waals surface area contributed by atoms with Gasteiger partial charge in [-0.15, -0.1) is 0 Å². The highest BCUT2D eigenvalue weighted by molar-refractivity contribution is 5.85. The first-order chi connectivity index (χ1) is 7.49. The van der Waals surface area contributed by atoms with Crippen LogP contribution in [0.4, 0.5) is 5.95 Å². The molecular formula is C10H16N4O2. The van der Waals surface area contributed by atoms with Gasteiger partial charge in [0.05, 0.1) is 0 Å². The highest BCUT2D eigenvalue weighted by atomic mass is 16.4. The van der Waals surface area contributed by atoms with Crippen LogP contribution in [0.1, 0.15) is 17.4 Å². The summed E-state index contributed by atoms with van der Waals surface area (Å²) in [7, 11) is 3.93. The summed E-state index contributed by atoms with van der Waals surface area (Å²) >= 11 is 0. The van der Waals surface area contributed by atoms with Gasteiger partial charge in [0, 0.05) is 18.8 Å². The molecule has 88 valence electrons. The van der Waals surface area contributed by atoms with Gasteiger partial charge in [-0.2, -0.15) is 0 Å². The Morgan fingerprint density at radius 1 is 1.62 bits per heavy atom. The first kappa shape index (κ1) is 12.4. The van der Waals surface area contributed by atoms with Gasteiger partial charge >= 0.3 is 5.97 Å². The number of carbonyl (C=O) groups is 1. The van der Waals surface area contributed by atoms with Gasteiger partial charge in [0.2, 0.25) is 5.95 Å². The van der Waals surface area contributed by atoms with E-state index in [4.69, 9.17) is 5.11 Å². The topological polar surface area (TPSA) is 78.4 Å². The van der Waals surface area contributed by atoms with Crippen LogP contribution in [0.5, 0.6) is 0 Å². The van der Waals surface area contributed by atoms with Crippen LogP contribution in [0.15, 0.2) is 12.3 Å². The van der Waals surface area contributed by atoms with Crippen molar-refractivity contribution in [1.29, 1.82) is 0 Å². The SMILES string of the molecule is CC(CN(C)C)Nc1nccc(C(=O)O)n1. The van der Waals surface area contributed by atoms with Gasteiger partial charge in [0.15, 0.2) is 5.69 Å². The first-order valence-corrected chi connectivity index (χ1v) is 4.96. The maximum Gasteiger partial charge on any atom is 0.354 e. The van der Waals surface area contributed by atoms with Gasteiger partial charge in [-0.05, 0) is 27.1 Å². The molecule has 0 bridgehead atoms. The third-order valence-electron chi connectivity index (χ3n) is 1.89. The average Bonchev–Trinajstić information content (AvgIpc) is 2.16. The van der Waals surface area contributed by atoms with Crippen molar-refractivity contribution in [3.63, 3.8) is 0 Å². The van der Waals surface area contributed by atoms with Crippen molar-refractivity contribution in [3.05, 3.63) is 18.0 Å². The number of carboxylic acids is 1. The van der Waals surface area contributed by atoms with Gasteiger partial charge in [-0.3, -0.25) is 0 Å². The zero-order valence-electron chi connectivity index (χ0n) is 9.64. The summed E-state index contributed by atoms with van der Waals surface area (Å²) in [5.74, 6) is -0.708. The predicted molar refractivity (Wildman–Crippen MR) is 60.6 cm³/mol. The molecular weight excluding hydrogens is 208 g/mol. The number of nitrogens with one attached hydrogen (secondary N) is 1. The maximum absolute atomic E-state index is 10.7. The number of aromatic carboxylic acids is 1. The number of anilines is 1. The molecule has 0 radical (unpaired) electrons. The molecule has 2 N–H and O–H groups in total. The monoisotopic (exact) mass is 224 g/mol. The molecule has 0 amide bonds. The van der Waals surface area contributed by atoms with E-state index < -0.39 is 5.97 Å². The van der Waals surface area contributed by atoms with Crippen LogP contribution in [0.2, 0.25) is 0 Å². The number of hydrogen-bond acceptors (Lipinski definition) is 5. The minimum absolute atomic E-state index is 0.00504. The lowest BCUT2D eigenvalue weighted by Gasteiger charge is -2.18. The van der Waals surface area contributed by atoms with Crippen LogP contribution in [0.3, 0.4) is 0 Å². The summed E-state index contributed by atoms with van der Waals surface area (Å²) in [4.78, 5) is 20.6. The zero-order valence-corrected chi connectivity index (χ0v) is 9.64. The molecule has 1 aromatic heterocycles. The molecule has 1 heterocycles. The standard InChI is InChI=1S/C10H16N4O2/c1-7(6-14(2)3)12-10-11-5-4-8(13-10)9(15)16/h4-5,7H,6H2,1-3H3,(H,15,16)(H,11,12,13). The molecule has 0 aliphatic heterocycles. The zero-order chi connectivity index (χ0) is 12.1. The molecule has 16 heavy (non-hydrogen) atoms. The lowest BCUT2D eigenvalue weighted by molar-refractivity contribution is 0.0690. The van der Waals surface area contributed by atoms with Gasteiger partial charge in [0.1, 0.15) is 0 Å². The minimum Gasteiger partial charge on any atom is -0.477 e. The Kier molecular flexibility index (Phi) is 4.19. The van der Waals surface area contributed by atoms with Crippen molar-refractivity contribution in [2.24, 2.45) is 0 Å². The van der Waals surface area contributed by atoms with Gasteiger partial charge in [0.25, 0.3) is 0 Å². The lowest BCUT2D eigenvalue weighted by atomic mass is 10.3. The Labute approximate surface area is 94.3 Å². The molecule has 0 aliphatic carbocycles. The highest BCUT2D eigenvalue weighted by Gasteiger charge is 2.08. The second-order valence-corrected chi connectivity index (χ2v) is 3.88. The largest absolute Gasteiger partial charge is 0.477 e. The fraction of sp³-hybridized carbons (Fsp3) is 0.500. The van der Waals surface area contributed by atoms with E-state index in [0.717, 1.165) is 6.54 Å². The van der Waals surface area contributed by atoms with Crippen molar-refractivity contribution >= 4 is 11.9 Å². The Morgan fingerprint density at radius 3 is 2.88 bits per heavy atom. The third-order valence-corrected chi connectivity index (χ3v) is 1.89. The number of likely N-dealkylation sites (N-methyl/N-ethyl adjacent to an activating group) is 1. The van der Waals surface area contributed by atoms with Crippen LogP contribution >= 0.6 is 0 Å². The summed E-state index contributed by atoms with van der Waals surface area (Å²) in [5, 5.41) is 11.8. The summed E-state index contributed by atoms with van der Waals surface area (Å²) in [5.41, 5.74) is -0.00504. The fourth-order valence-corrected chi connectivity index (χ4v) is 1.36. The molecule has 1 aromatic rings. The second kappa shape index (κ2) is 5.41. The van der Waals surface area contributed by atoms with E-state index in [1.165, 1.54) is 12.3 Å². The number of rotatable bonds is 5. The number of nitrogens with zero attached hydrogens (tertiary/aromatic N) is 3. The summed E-state index contributed by atoms with van der Waals surface area (Å²) in [6.07, 6.45) is 1.43. The van der Waals surface area contributed by atoms with Crippen LogP contribution in [-0.4, -0.2) is 52.6 Å². The van der Waals surface area contributed by atoms with E-state index in [2.05, 4.69) is 15.3 Å². The second-order valence-electron chi connectivity index (χ2n) is 3.88. The van der Waals surface area contributed by atoms with E-state index in [0.29, 0.717) is 5.95 Å². The van der Waals surface area contributed by atoms with Crippen molar-refractivity contribution in [3.8, 4) is 0 Å². The molecule has 0 aromatic carbocycles. The molecule has 6 heteroatoms. The molecule has 1 atom stereocenters. The molecule has 0 fully saturated rings. The van der Waals surface area contributed by atoms with E-state index in [9.17, 15) is 4.79 Å². The molecule has 0 saturated carbocycles. The highest BCUT2D eigenvalue weighted by Crippen LogP contribution is 2.02. The number of carboxylic acid groups (broad SMARTS) is 1. The molecule has 6 nitrogen and oxygen atoms in total. The fourth-order valence-electron chi connectivity index (χ4n) is 1.36. The average molecular weight is 224 g/mol. The summed E-state index contributed by atoms with van der Waals surface area (Å²) in [6, 6.07) is 1.52.